The number of carbonyl (C=O) groups excluding carboxylic acids is 1. The van der Waals surface area contributed by atoms with Crippen molar-refractivity contribution in [3.05, 3.63) is 0 Å². The fraction of sp³-hybridized carbons (Fsp3) is 0.929. The van der Waals surface area contributed by atoms with E-state index in [1.807, 2.05) is 0 Å². The number of carbonyl (C=O) groups is 1. The molecule has 1 amide bonds. The van der Waals surface area contributed by atoms with E-state index in [9.17, 15) is 9.90 Å². The van der Waals surface area contributed by atoms with Gasteiger partial charge >= 0.3 is 0 Å². The first-order valence-corrected chi connectivity index (χ1v) is 7.19. The lowest BCUT2D eigenvalue weighted by Gasteiger charge is -2.20. The monoisotopic (exact) mass is 256 g/mol. The molecule has 0 saturated heterocycles. The SMILES string of the molecule is CC(C)C(CCN)CCC(=O)NCC(O)C1CC1. The van der Waals surface area contributed by atoms with Gasteiger partial charge in [0.25, 0.3) is 0 Å². The molecule has 1 rings (SSSR count). The summed E-state index contributed by atoms with van der Waals surface area (Å²) < 4.78 is 0. The highest BCUT2D eigenvalue weighted by Gasteiger charge is 2.29. The van der Waals surface area contributed by atoms with Gasteiger partial charge in [-0.15, -0.1) is 0 Å². The van der Waals surface area contributed by atoms with Crippen LogP contribution in [0.15, 0.2) is 0 Å². The Morgan fingerprint density at radius 1 is 1.39 bits per heavy atom. The molecule has 4 heteroatoms. The number of aliphatic hydroxyl groups is 1. The first-order valence-electron chi connectivity index (χ1n) is 7.19. The van der Waals surface area contributed by atoms with Crippen molar-refractivity contribution in [3.63, 3.8) is 0 Å². The van der Waals surface area contributed by atoms with E-state index in [-0.39, 0.29) is 12.0 Å². The van der Waals surface area contributed by atoms with Crippen molar-refractivity contribution >= 4 is 5.91 Å². The Hall–Kier alpha value is -0.610. The molecular formula is C14H28N2O2. The van der Waals surface area contributed by atoms with Crippen LogP contribution in [-0.2, 0) is 4.79 Å². The third kappa shape index (κ3) is 5.83. The van der Waals surface area contributed by atoms with E-state index in [4.69, 9.17) is 5.73 Å². The molecule has 4 nitrogen and oxygen atoms in total. The van der Waals surface area contributed by atoms with Gasteiger partial charge in [0.1, 0.15) is 0 Å². The van der Waals surface area contributed by atoms with E-state index < -0.39 is 0 Å². The standard InChI is InChI=1S/C14H28N2O2/c1-10(2)11(7-8-15)5-6-14(18)16-9-13(17)12-3-4-12/h10-13,17H,3-9,15H2,1-2H3,(H,16,18). The average Bonchev–Trinajstić information content (AvgIpc) is 3.15. The summed E-state index contributed by atoms with van der Waals surface area (Å²) in [6.07, 6.45) is 4.26. The molecule has 0 bridgehead atoms. The van der Waals surface area contributed by atoms with Gasteiger partial charge in [0.05, 0.1) is 6.10 Å². The molecule has 0 aromatic heterocycles. The molecule has 106 valence electrons. The largest absolute Gasteiger partial charge is 0.391 e. The van der Waals surface area contributed by atoms with Gasteiger partial charge in [-0.25, -0.2) is 0 Å². The second-order valence-electron chi connectivity index (χ2n) is 5.83. The van der Waals surface area contributed by atoms with Crippen molar-refractivity contribution in [2.45, 2.75) is 52.1 Å². The van der Waals surface area contributed by atoms with E-state index in [1.165, 1.54) is 0 Å². The van der Waals surface area contributed by atoms with Crippen LogP contribution in [0.1, 0.15) is 46.0 Å². The van der Waals surface area contributed by atoms with Gasteiger partial charge in [-0.1, -0.05) is 13.8 Å². The second kappa shape index (κ2) is 7.74. The van der Waals surface area contributed by atoms with Crippen molar-refractivity contribution in [2.75, 3.05) is 13.1 Å². The predicted octanol–water partition coefficient (Wildman–Crippen LogP) is 1.27. The summed E-state index contributed by atoms with van der Waals surface area (Å²) in [5.41, 5.74) is 5.58. The summed E-state index contributed by atoms with van der Waals surface area (Å²) >= 11 is 0. The van der Waals surface area contributed by atoms with Gasteiger partial charge in [0.2, 0.25) is 5.91 Å². The first-order chi connectivity index (χ1) is 8.54. The molecule has 0 aliphatic heterocycles. The van der Waals surface area contributed by atoms with Crippen LogP contribution in [0.25, 0.3) is 0 Å². The Morgan fingerprint density at radius 3 is 2.56 bits per heavy atom. The lowest BCUT2D eigenvalue weighted by Crippen LogP contribution is -2.33. The van der Waals surface area contributed by atoms with Crippen LogP contribution >= 0.6 is 0 Å². The number of hydrogen-bond donors (Lipinski definition) is 3. The minimum Gasteiger partial charge on any atom is -0.391 e. The molecule has 1 fully saturated rings. The Bertz CT molecular complexity index is 252. The molecule has 1 aliphatic carbocycles. The van der Waals surface area contributed by atoms with E-state index >= 15 is 0 Å². The molecule has 0 radical (unpaired) electrons. The Kier molecular flexibility index (Phi) is 6.65. The van der Waals surface area contributed by atoms with Crippen LogP contribution in [0.2, 0.25) is 0 Å². The smallest absolute Gasteiger partial charge is 0.220 e. The summed E-state index contributed by atoms with van der Waals surface area (Å²) in [6.45, 7) is 5.45. The van der Waals surface area contributed by atoms with Gasteiger partial charge in [0.15, 0.2) is 0 Å². The summed E-state index contributed by atoms with van der Waals surface area (Å²) in [5.74, 6) is 1.57. The molecule has 1 aliphatic rings. The number of rotatable bonds is 9. The van der Waals surface area contributed by atoms with Crippen molar-refractivity contribution < 1.29 is 9.90 Å². The molecular weight excluding hydrogens is 228 g/mol. The molecule has 4 N–H and O–H groups in total. The molecule has 18 heavy (non-hydrogen) atoms. The molecule has 0 aromatic rings. The second-order valence-corrected chi connectivity index (χ2v) is 5.83. The lowest BCUT2D eigenvalue weighted by molar-refractivity contribution is -0.122. The van der Waals surface area contributed by atoms with Crippen molar-refractivity contribution in [1.29, 1.82) is 0 Å². The highest BCUT2D eigenvalue weighted by atomic mass is 16.3. The Morgan fingerprint density at radius 2 is 2.06 bits per heavy atom. The molecule has 0 spiro atoms. The zero-order chi connectivity index (χ0) is 13.5. The fourth-order valence-corrected chi connectivity index (χ4v) is 2.30. The molecule has 2 unspecified atom stereocenters. The van der Waals surface area contributed by atoms with Crippen LogP contribution in [-0.4, -0.2) is 30.2 Å². The third-order valence-electron chi connectivity index (χ3n) is 3.90. The average molecular weight is 256 g/mol. The number of nitrogens with two attached hydrogens (primary N) is 1. The molecule has 2 atom stereocenters. The van der Waals surface area contributed by atoms with Crippen LogP contribution in [0, 0.1) is 17.8 Å². The lowest BCUT2D eigenvalue weighted by atomic mass is 9.88. The first kappa shape index (κ1) is 15.4. The van der Waals surface area contributed by atoms with Gasteiger partial charge in [-0.05, 0) is 50.0 Å². The maximum atomic E-state index is 11.7. The van der Waals surface area contributed by atoms with Crippen molar-refractivity contribution in [1.82, 2.24) is 5.32 Å². The molecule has 0 heterocycles. The van der Waals surface area contributed by atoms with Gasteiger partial charge in [0, 0.05) is 13.0 Å². The fourth-order valence-electron chi connectivity index (χ4n) is 2.30. The van der Waals surface area contributed by atoms with E-state index in [1.54, 1.807) is 0 Å². The van der Waals surface area contributed by atoms with Crippen molar-refractivity contribution in [2.24, 2.45) is 23.5 Å². The summed E-state index contributed by atoms with van der Waals surface area (Å²) in [6, 6.07) is 0. The highest BCUT2D eigenvalue weighted by molar-refractivity contribution is 5.75. The van der Waals surface area contributed by atoms with Crippen LogP contribution in [0.4, 0.5) is 0 Å². The van der Waals surface area contributed by atoms with E-state index in [0.717, 1.165) is 25.7 Å². The van der Waals surface area contributed by atoms with E-state index in [2.05, 4.69) is 19.2 Å². The minimum atomic E-state index is -0.348. The van der Waals surface area contributed by atoms with Gasteiger partial charge in [-0.2, -0.15) is 0 Å². The molecule has 1 saturated carbocycles. The zero-order valence-electron chi connectivity index (χ0n) is 11.7. The van der Waals surface area contributed by atoms with Crippen LogP contribution in [0.5, 0.6) is 0 Å². The normalized spacial score (nSPS) is 18.7. The number of nitrogens with one attached hydrogen (secondary N) is 1. The summed E-state index contributed by atoms with van der Waals surface area (Å²) in [4.78, 5) is 11.7. The summed E-state index contributed by atoms with van der Waals surface area (Å²) in [5, 5.41) is 12.5. The topological polar surface area (TPSA) is 75.4 Å². The van der Waals surface area contributed by atoms with Crippen molar-refractivity contribution in [3.8, 4) is 0 Å². The number of hydrogen-bond acceptors (Lipinski definition) is 3. The van der Waals surface area contributed by atoms with Crippen LogP contribution < -0.4 is 11.1 Å². The maximum absolute atomic E-state index is 11.7. The zero-order valence-corrected chi connectivity index (χ0v) is 11.7. The van der Waals surface area contributed by atoms with Gasteiger partial charge < -0.3 is 16.2 Å². The van der Waals surface area contributed by atoms with Gasteiger partial charge in [-0.3, -0.25) is 4.79 Å². The minimum absolute atomic E-state index is 0.0531. The number of amides is 1. The predicted molar refractivity (Wildman–Crippen MR) is 73.0 cm³/mol. The third-order valence-corrected chi connectivity index (χ3v) is 3.90. The summed E-state index contributed by atoms with van der Waals surface area (Å²) in [7, 11) is 0. The van der Waals surface area contributed by atoms with Crippen LogP contribution in [0.3, 0.4) is 0 Å². The quantitative estimate of drug-likeness (QED) is 0.581. The Balaban J connectivity index is 2.14. The van der Waals surface area contributed by atoms with E-state index in [0.29, 0.717) is 37.3 Å². The maximum Gasteiger partial charge on any atom is 0.220 e. The Labute approximate surface area is 110 Å². The number of aliphatic hydroxyl groups excluding tert-OH is 1. The molecule has 0 aromatic carbocycles. The highest BCUT2D eigenvalue weighted by Crippen LogP contribution is 2.32.